The minimum absolute atomic E-state index is 0.336. The zero-order chi connectivity index (χ0) is 21.0. The minimum Gasteiger partial charge on any atom is -0.495 e. The lowest BCUT2D eigenvalue weighted by Gasteiger charge is -2.34. The fraction of sp³-hybridized carbons (Fsp3) is 0.565. The molecule has 3 fully saturated rings. The Bertz CT molecular complexity index is 879. The molecule has 31 heavy (non-hydrogen) atoms. The molecule has 1 aromatic carbocycles. The summed E-state index contributed by atoms with van der Waals surface area (Å²) in [5, 5.41) is 7.33. The van der Waals surface area contributed by atoms with Crippen LogP contribution in [0.1, 0.15) is 32.1 Å². The highest BCUT2D eigenvalue weighted by molar-refractivity contribution is 5.57. The number of fused-ring (bicyclic) bond motifs is 1. The number of hydrogen-bond donors (Lipinski definition) is 4. The number of ether oxygens (including phenoxy) is 1. The number of methoxy groups -OCH3 is 1. The molecule has 4 atom stereocenters. The van der Waals surface area contributed by atoms with Crippen molar-refractivity contribution in [2.45, 2.75) is 50.2 Å². The van der Waals surface area contributed by atoms with E-state index in [2.05, 4.69) is 37.4 Å². The van der Waals surface area contributed by atoms with Crippen LogP contribution < -0.4 is 31.1 Å². The molecule has 5 rings (SSSR count). The van der Waals surface area contributed by atoms with Gasteiger partial charge in [-0.15, -0.1) is 0 Å². The first-order valence-corrected chi connectivity index (χ1v) is 11.5. The van der Waals surface area contributed by atoms with Crippen LogP contribution in [-0.2, 0) is 0 Å². The molecular formula is C23H33N7O. The van der Waals surface area contributed by atoms with Gasteiger partial charge in [0.15, 0.2) is 0 Å². The van der Waals surface area contributed by atoms with Gasteiger partial charge in [0.05, 0.1) is 12.8 Å². The molecule has 2 aliphatic heterocycles. The second kappa shape index (κ2) is 9.28. The number of aromatic nitrogens is 2. The molecule has 2 aromatic rings. The summed E-state index contributed by atoms with van der Waals surface area (Å²) < 4.78 is 5.50. The second-order valence-electron chi connectivity index (χ2n) is 8.92. The van der Waals surface area contributed by atoms with Gasteiger partial charge in [0, 0.05) is 44.0 Å². The van der Waals surface area contributed by atoms with Gasteiger partial charge in [-0.25, -0.2) is 4.98 Å². The van der Waals surface area contributed by atoms with Gasteiger partial charge >= 0.3 is 0 Å². The van der Waals surface area contributed by atoms with Crippen LogP contribution in [0.25, 0.3) is 0 Å². The van der Waals surface area contributed by atoms with E-state index in [-0.39, 0.29) is 0 Å². The summed E-state index contributed by atoms with van der Waals surface area (Å²) in [6, 6.07) is 11.5. The van der Waals surface area contributed by atoms with Gasteiger partial charge in [-0.05, 0) is 56.2 Å². The second-order valence-corrected chi connectivity index (χ2v) is 8.92. The van der Waals surface area contributed by atoms with E-state index in [1.807, 2.05) is 30.5 Å². The Morgan fingerprint density at radius 3 is 2.97 bits per heavy atom. The smallest absolute Gasteiger partial charge is 0.227 e. The number of piperidine rings is 1. The van der Waals surface area contributed by atoms with Crippen molar-refractivity contribution in [3.8, 4) is 5.75 Å². The number of para-hydroxylation sites is 2. The Morgan fingerprint density at radius 1 is 1.10 bits per heavy atom. The normalized spacial score (nSPS) is 28.1. The number of benzene rings is 1. The average molecular weight is 424 g/mol. The zero-order valence-electron chi connectivity index (χ0n) is 18.2. The molecule has 0 amide bonds. The van der Waals surface area contributed by atoms with Crippen LogP contribution in [0.5, 0.6) is 5.75 Å². The van der Waals surface area contributed by atoms with Crippen LogP contribution in [0.2, 0.25) is 0 Å². The molecule has 3 aliphatic rings. The van der Waals surface area contributed by atoms with E-state index in [9.17, 15) is 0 Å². The van der Waals surface area contributed by atoms with Crippen molar-refractivity contribution in [2.24, 2.45) is 5.92 Å². The van der Waals surface area contributed by atoms with E-state index < -0.39 is 0 Å². The fourth-order valence-corrected chi connectivity index (χ4v) is 5.18. The first kappa shape index (κ1) is 20.3. The van der Waals surface area contributed by atoms with E-state index in [0.717, 1.165) is 55.7 Å². The third-order valence-corrected chi connectivity index (χ3v) is 6.80. The predicted molar refractivity (Wildman–Crippen MR) is 124 cm³/mol. The topological polar surface area (TPSA) is 86.4 Å². The molecule has 8 heteroatoms. The Labute approximate surface area is 184 Å². The van der Waals surface area contributed by atoms with Gasteiger partial charge in [-0.1, -0.05) is 12.1 Å². The van der Waals surface area contributed by atoms with Gasteiger partial charge in [0.25, 0.3) is 0 Å². The SMILES string of the molecule is COc1ccccc1NC1CCCN(c2nccc(NC3CCC4NNCC4C3)n2)C1. The fourth-order valence-electron chi connectivity index (χ4n) is 5.18. The van der Waals surface area contributed by atoms with Crippen molar-refractivity contribution in [1.29, 1.82) is 0 Å². The van der Waals surface area contributed by atoms with Crippen molar-refractivity contribution >= 4 is 17.5 Å². The average Bonchev–Trinajstić information content (AvgIpc) is 3.28. The summed E-state index contributed by atoms with van der Waals surface area (Å²) in [5.74, 6) is 3.34. The molecule has 0 spiro atoms. The number of nitrogens with zero attached hydrogens (tertiary/aromatic N) is 3. The Morgan fingerprint density at radius 2 is 2.03 bits per heavy atom. The molecule has 166 valence electrons. The Kier molecular flexibility index (Phi) is 6.08. The molecule has 1 saturated carbocycles. The highest BCUT2D eigenvalue weighted by Gasteiger charge is 2.33. The standard InChI is InChI=1S/C23H33N7O/c1-31-21-7-3-2-6-20(21)26-18-5-4-12-30(15-18)23-24-11-10-22(28-23)27-17-8-9-19-16(13-17)14-25-29-19/h2-3,6-7,10-11,16-19,25-26,29H,4-5,8-9,12-15H2,1H3,(H,24,27,28). The van der Waals surface area contributed by atoms with Crippen molar-refractivity contribution in [1.82, 2.24) is 20.8 Å². The van der Waals surface area contributed by atoms with Crippen LogP contribution in [0.15, 0.2) is 36.5 Å². The summed E-state index contributed by atoms with van der Waals surface area (Å²) in [6.07, 6.45) is 7.67. The van der Waals surface area contributed by atoms with Crippen molar-refractivity contribution in [3.63, 3.8) is 0 Å². The maximum atomic E-state index is 5.50. The predicted octanol–water partition coefficient (Wildman–Crippen LogP) is 2.62. The van der Waals surface area contributed by atoms with Gasteiger partial charge in [0.1, 0.15) is 11.6 Å². The van der Waals surface area contributed by atoms with Crippen LogP contribution in [-0.4, -0.2) is 54.8 Å². The molecule has 1 aliphatic carbocycles. The summed E-state index contributed by atoms with van der Waals surface area (Å²) in [4.78, 5) is 11.8. The summed E-state index contributed by atoms with van der Waals surface area (Å²) >= 11 is 0. The molecular weight excluding hydrogens is 390 g/mol. The van der Waals surface area contributed by atoms with E-state index in [4.69, 9.17) is 9.72 Å². The van der Waals surface area contributed by atoms with Crippen LogP contribution in [0.4, 0.5) is 17.5 Å². The molecule has 4 unspecified atom stereocenters. The van der Waals surface area contributed by atoms with Gasteiger partial charge in [-0.3, -0.25) is 10.9 Å². The van der Waals surface area contributed by atoms with Gasteiger partial charge in [-0.2, -0.15) is 4.98 Å². The number of anilines is 3. The number of rotatable bonds is 6. The third kappa shape index (κ3) is 4.70. The number of hydrogen-bond acceptors (Lipinski definition) is 8. The highest BCUT2D eigenvalue weighted by atomic mass is 16.5. The van der Waals surface area contributed by atoms with E-state index in [0.29, 0.717) is 24.0 Å². The Balaban J connectivity index is 1.22. The zero-order valence-corrected chi connectivity index (χ0v) is 18.2. The van der Waals surface area contributed by atoms with E-state index >= 15 is 0 Å². The largest absolute Gasteiger partial charge is 0.495 e. The quantitative estimate of drug-likeness (QED) is 0.564. The van der Waals surface area contributed by atoms with Crippen molar-refractivity contribution in [2.75, 3.05) is 42.3 Å². The maximum absolute atomic E-state index is 5.50. The lowest BCUT2D eigenvalue weighted by atomic mass is 9.83. The van der Waals surface area contributed by atoms with Crippen LogP contribution in [0.3, 0.4) is 0 Å². The molecule has 3 heterocycles. The number of hydrazine groups is 1. The molecule has 1 aromatic heterocycles. The van der Waals surface area contributed by atoms with E-state index in [1.165, 1.54) is 19.3 Å². The first-order valence-electron chi connectivity index (χ1n) is 11.5. The molecule has 8 nitrogen and oxygen atoms in total. The van der Waals surface area contributed by atoms with Gasteiger partial charge < -0.3 is 20.3 Å². The molecule has 0 bridgehead atoms. The van der Waals surface area contributed by atoms with Gasteiger partial charge in [0.2, 0.25) is 5.95 Å². The molecule has 2 saturated heterocycles. The third-order valence-electron chi connectivity index (χ3n) is 6.80. The monoisotopic (exact) mass is 423 g/mol. The molecule has 0 radical (unpaired) electrons. The Hall–Kier alpha value is -2.58. The van der Waals surface area contributed by atoms with E-state index in [1.54, 1.807) is 7.11 Å². The van der Waals surface area contributed by atoms with Crippen molar-refractivity contribution < 1.29 is 4.74 Å². The summed E-state index contributed by atoms with van der Waals surface area (Å²) in [7, 11) is 1.71. The summed E-state index contributed by atoms with van der Waals surface area (Å²) in [5.41, 5.74) is 7.75. The highest BCUT2D eigenvalue weighted by Crippen LogP contribution is 2.29. The number of nitrogens with one attached hydrogen (secondary N) is 4. The van der Waals surface area contributed by atoms with Crippen LogP contribution >= 0.6 is 0 Å². The maximum Gasteiger partial charge on any atom is 0.227 e. The van der Waals surface area contributed by atoms with Crippen LogP contribution in [0, 0.1) is 5.92 Å². The molecule has 4 N–H and O–H groups in total. The first-order chi connectivity index (χ1) is 15.3. The minimum atomic E-state index is 0.336. The lowest BCUT2D eigenvalue weighted by Crippen LogP contribution is -2.43. The van der Waals surface area contributed by atoms with Crippen molar-refractivity contribution in [3.05, 3.63) is 36.5 Å². The lowest BCUT2D eigenvalue weighted by molar-refractivity contribution is 0.314. The summed E-state index contributed by atoms with van der Waals surface area (Å²) in [6.45, 7) is 2.93.